The molecular formula is C34H26ClF3N6O2. The van der Waals surface area contributed by atoms with E-state index in [1.54, 1.807) is 26.0 Å². The molecule has 1 aliphatic rings. The largest absolute Gasteiger partial charge is 0.417 e. The second-order valence-corrected chi connectivity index (χ2v) is 11.2. The highest BCUT2D eigenvalue weighted by atomic mass is 35.5. The molecule has 2 aromatic heterocycles. The molecule has 3 aromatic carbocycles. The Balaban J connectivity index is 1.31. The van der Waals surface area contributed by atoms with Gasteiger partial charge in [-0.05, 0) is 44.2 Å². The molecule has 6 rings (SSSR count). The third kappa shape index (κ3) is 6.14. The monoisotopic (exact) mass is 642 g/mol. The highest BCUT2D eigenvalue weighted by Crippen LogP contribution is 2.38. The summed E-state index contributed by atoms with van der Waals surface area (Å²) in [6.07, 6.45) is -3.26. The molecule has 0 spiro atoms. The summed E-state index contributed by atoms with van der Waals surface area (Å²) in [6, 6.07) is 25.2. The number of hydrogen-bond donors (Lipinski definition) is 1. The minimum Gasteiger partial charge on any atom is -0.319 e. The zero-order valence-corrected chi connectivity index (χ0v) is 25.3. The van der Waals surface area contributed by atoms with Crippen molar-refractivity contribution >= 4 is 46.3 Å². The maximum Gasteiger partial charge on any atom is 0.417 e. The number of alkyl halides is 3. The number of benzene rings is 3. The molecule has 0 saturated carbocycles. The number of aryl methyl sites for hydroxylation is 1. The summed E-state index contributed by atoms with van der Waals surface area (Å²) in [5.74, 6) is -0.748. The predicted molar refractivity (Wildman–Crippen MR) is 170 cm³/mol. The van der Waals surface area contributed by atoms with Gasteiger partial charge in [-0.2, -0.15) is 18.3 Å². The van der Waals surface area contributed by atoms with Gasteiger partial charge in [0.05, 0.1) is 34.2 Å². The van der Waals surface area contributed by atoms with Crippen LogP contribution >= 0.6 is 11.6 Å². The average Bonchev–Trinajstić information content (AvgIpc) is 3.46. The fourth-order valence-corrected chi connectivity index (χ4v) is 5.60. The van der Waals surface area contributed by atoms with Gasteiger partial charge in [0.25, 0.3) is 11.8 Å². The van der Waals surface area contributed by atoms with Gasteiger partial charge in [-0.1, -0.05) is 72.3 Å². The molecule has 1 atom stereocenters. The summed E-state index contributed by atoms with van der Waals surface area (Å²) >= 11 is 5.94. The summed E-state index contributed by atoms with van der Waals surface area (Å²) < 4.78 is 41.3. The van der Waals surface area contributed by atoms with Crippen molar-refractivity contribution in [2.75, 3.05) is 16.8 Å². The molecule has 2 amide bonds. The highest BCUT2D eigenvalue weighted by Gasteiger charge is 2.36. The zero-order valence-electron chi connectivity index (χ0n) is 24.6. The quantitative estimate of drug-likeness (QED) is 0.191. The van der Waals surface area contributed by atoms with Gasteiger partial charge in [-0.3, -0.25) is 14.3 Å². The Morgan fingerprint density at radius 2 is 1.61 bits per heavy atom. The first-order valence-electron chi connectivity index (χ1n) is 14.3. The minimum absolute atomic E-state index is 0.0857. The van der Waals surface area contributed by atoms with E-state index in [2.05, 4.69) is 15.4 Å². The van der Waals surface area contributed by atoms with Crippen LogP contribution < -0.4 is 10.2 Å². The second kappa shape index (κ2) is 12.2. The SMILES string of the molecule is Cc1cc(C(=O)Nc2cnn3c2C(=O)N(c2ccc(C(F)(F)F)c(Cl)c2)C[C@@H]3C)cc(N=C(c2ccccc2)c2ccccc2)n1. The van der Waals surface area contributed by atoms with E-state index in [0.717, 1.165) is 23.3 Å². The van der Waals surface area contributed by atoms with Crippen LogP contribution in [0.5, 0.6) is 0 Å². The van der Waals surface area contributed by atoms with Crippen LogP contribution in [0.4, 0.5) is 30.4 Å². The van der Waals surface area contributed by atoms with E-state index in [-0.39, 0.29) is 35.2 Å². The van der Waals surface area contributed by atoms with E-state index >= 15 is 0 Å². The number of nitrogens with one attached hydrogen (secondary N) is 1. The summed E-state index contributed by atoms with van der Waals surface area (Å²) in [7, 11) is 0. The maximum absolute atomic E-state index is 13.7. The Labute approximate surface area is 267 Å². The lowest BCUT2D eigenvalue weighted by Gasteiger charge is -2.32. The van der Waals surface area contributed by atoms with E-state index in [4.69, 9.17) is 16.6 Å². The molecule has 0 fully saturated rings. The summed E-state index contributed by atoms with van der Waals surface area (Å²) in [5.41, 5.74) is 2.68. The van der Waals surface area contributed by atoms with E-state index in [1.165, 1.54) is 21.8 Å². The molecule has 8 nitrogen and oxygen atoms in total. The average molecular weight is 643 g/mol. The summed E-state index contributed by atoms with van der Waals surface area (Å²) in [4.78, 5) is 37.9. The fraction of sp³-hybridized carbons (Fsp3) is 0.147. The second-order valence-electron chi connectivity index (χ2n) is 10.8. The number of amides is 2. The molecule has 3 heterocycles. The number of halogens is 4. The molecule has 0 radical (unpaired) electrons. The van der Waals surface area contributed by atoms with Crippen LogP contribution in [-0.2, 0) is 6.18 Å². The van der Waals surface area contributed by atoms with Crippen molar-refractivity contribution in [2.24, 2.45) is 4.99 Å². The van der Waals surface area contributed by atoms with Crippen LogP contribution in [0.2, 0.25) is 5.02 Å². The van der Waals surface area contributed by atoms with Gasteiger partial charge in [0.2, 0.25) is 0 Å². The zero-order chi connectivity index (χ0) is 32.6. The molecule has 1 aliphatic heterocycles. The summed E-state index contributed by atoms with van der Waals surface area (Å²) in [5, 5.41) is 6.57. The van der Waals surface area contributed by atoms with Gasteiger partial charge in [0.15, 0.2) is 11.5 Å². The van der Waals surface area contributed by atoms with Crippen molar-refractivity contribution in [1.82, 2.24) is 14.8 Å². The molecule has 0 aliphatic carbocycles. The van der Waals surface area contributed by atoms with Crippen molar-refractivity contribution in [3.63, 3.8) is 0 Å². The number of fused-ring (bicyclic) bond motifs is 1. The van der Waals surface area contributed by atoms with Gasteiger partial charge in [-0.15, -0.1) is 0 Å². The van der Waals surface area contributed by atoms with Crippen molar-refractivity contribution in [1.29, 1.82) is 0 Å². The van der Waals surface area contributed by atoms with Crippen molar-refractivity contribution < 1.29 is 22.8 Å². The van der Waals surface area contributed by atoms with Gasteiger partial charge in [0.1, 0.15) is 0 Å². The van der Waals surface area contributed by atoms with Crippen molar-refractivity contribution in [3.8, 4) is 0 Å². The number of anilines is 2. The smallest absolute Gasteiger partial charge is 0.319 e. The van der Waals surface area contributed by atoms with Gasteiger partial charge >= 0.3 is 6.18 Å². The number of aliphatic imine (C=N–C) groups is 1. The lowest BCUT2D eigenvalue weighted by atomic mass is 10.0. The third-order valence-corrected chi connectivity index (χ3v) is 7.76. The number of rotatable bonds is 6. The van der Waals surface area contributed by atoms with Crippen LogP contribution in [0.25, 0.3) is 0 Å². The van der Waals surface area contributed by atoms with E-state index in [9.17, 15) is 22.8 Å². The van der Waals surface area contributed by atoms with Crippen molar-refractivity contribution in [2.45, 2.75) is 26.1 Å². The molecule has 46 heavy (non-hydrogen) atoms. The predicted octanol–water partition coefficient (Wildman–Crippen LogP) is 7.90. The van der Waals surface area contributed by atoms with Gasteiger partial charge in [-0.25, -0.2) is 9.98 Å². The van der Waals surface area contributed by atoms with Crippen LogP contribution in [-0.4, -0.2) is 38.8 Å². The normalized spacial score (nSPS) is 14.5. The van der Waals surface area contributed by atoms with Crippen molar-refractivity contribution in [3.05, 3.63) is 136 Å². The lowest BCUT2D eigenvalue weighted by molar-refractivity contribution is -0.137. The van der Waals surface area contributed by atoms with Crippen LogP contribution in [0.3, 0.4) is 0 Å². The van der Waals surface area contributed by atoms with E-state index in [1.807, 2.05) is 60.7 Å². The number of hydrogen-bond acceptors (Lipinski definition) is 5. The van der Waals surface area contributed by atoms with Crippen LogP contribution in [0.15, 0.2) is 102 Å². The number of pyridine rings is 1. The Hall–Kier alpha value is -5.29. The minimum atomic E-state index is -4.63. The summed E-state index contributed by atoms with van der Waals surface area (Å²) in [6.45, 7) is 3.69. The van der Waals surface area contributed by atoms with E-state index < -0.39 is 28.6 Å². The number of nitrogens with zero attached hydrogens (tertiary/aromatic N) is 5. The first-order chi connectivity index (χ1) is 22.0. The molecule has 232 valence electrons. The number of aromatic nitrogens is 3. The molecular weight excluding hydrogens is 617 g/mol. The Kier molecular flexibility index (Phi) is 8.18. The molecule has 1 N–H and O–H groups in total. The Bertz CT molecular complexity index is 1930. The van der Waals surface area contributed by atoms with Crippen LogP contribution in [0, 0.1) is 6.92 Å². The molecule has 0 bridgehead atoms. The molecule has 5 aromatic rings. The van der Waals surface area contributed by atoms with Gasteiger partial charge < -0.3 is 10.2 Å². The fourth-order valence-electron chi connectivity index (χ4n) is 5.31. The standard InChI is InChI=1S/C34H26ClF3N6O2/c1-20-15-24(16-29(40-20)42-30(22-9-5-3-6-10-22)23-11-7-4-8-12-23)32(45)41-28-18-39-44-21(2)19-43(33(46)31(28)44)25-13-14-26(27(35)17-25)34(36,37)38/h3-18,21H,19H2,1-2H3,(H,41,45)/t21-/m0/s1. The first-order valence-corrected chi connectivity index (χ1v) is 14.6. The third-order valence-electron chi connectivity index (χ3n) is 7.45. The number of carbonyl (C=O) groups is 2. The molecule has 12 heteroatoms. The Morgan fingerprint density at radius 1 is 0.957 bits per heavy atom. The number of carbonyl (C=O) groups excluding carboxylic acids is 2. The highest BCUT2D eigenvalue weighted by molar-refractivity contribution is 6.32. The maximum atomic E-state index is 13.7. The van der Waals surface area contributed by atoms with E-state index in [0.29, 0.717) is 17.2 Å². The van der Waals surface area contributed by atoms with Crippen LogP contribution in [0.1, 0.15) is 56.2 Å². The lowest BCUT2D eigenvalue weighted by Crippen LogP contribution is -2.43. The first kappa shape index (κ1) is 30.7. The molecule has 0 unspecified atom stereocenters. The van der Waals surface area contributed by atoms with Gasteiger partial charge in [0, 0.05) is 34.6 Å². The molecule has 0 saturated heterocycles. The topological polar surface area (TPSA) is 92.5 Å². The Morgan fingerprint density at radius 3 is 2.22 bits per heavy atom.